The van der Waals surface area contributed by atoms with E-state index < -0.39 is 0 Å². The quantitative estimate of drug-likeness (QED) is 0.638. The molecule has 0 unspecified atom stereocenters. The highest BCUT2D eigenvalue weighted by atomic mass is 16.5. The number of rotatable bonds is 4. The second-order valence-electron chi connectivity index (χ2n) is 10.1. The van der Waals surface area contributed by atoms with E-state index in [1.807, 2.05) is 0 Å². The van der Waals surface area contributed by atoms with Crippen LogP contribution in [-0.2, 0) is 6.54 Å². The van der Waals surface area contributed by atoms with Gasteiger partial charge in [-0.15, -0.1) is 0 Å². The van der Waals surface area contributed by atoms with E-state index in [-0.39, 0.29) is 0 Å². The van der Waals surface area contributed by atoms with Crippen molar-refractivity contribution in [2.75, 3.05) is 13.1 Å². The first-order chi connectivity index (χ1) is 13.4. The lowest BCUT2D eigenvalue weighted by molar-refractivity contribution is 0.0883. The smallest absolute Gasteiger partial charge is 0.120 e. The molecule has 1 aromatic carbocycles. The number of likely N-dealkylation sites (tertiary alicyclic amines) is 1. The maximum atomic E-state index is 6.38. The number of nitrogens with zero attached hydrogens (tertiary/aromatic N) is 2. The Kier molecular flexibility index (Phi) is 5.64. The predicted molar refractivity (Wildman–Crippen MR) is 117 cm³/mol. The molecule has 1 saturated heterocycles. The lowest BCUT2D eigenvalue weighted by Crippen LogP contribution is -2.30. The molecule has 4 rings (SSSR count). The van der Waals surface area contributed by atoms with Gasteiger partial charge >= 0.3 is 0 Å². The molecule has 3 heteroatoms. The number of pyridine rings is 1. The first kappa shape index (κ1) is 19.7. The van der Waals surface area contributed by atoms with Gasteiger partial charge in [-0.25, -0.2) is 0 Å². The molecular formula is C25H36N2O. The van der Waals surface area contributed by atoms with Crippen LogP contribution in [0.5, 0.6) is 5.75 Å². The lowest BCUT2D eigenvalue weighted by atomic mass is 9.72. The normalized spacial score (nSPS) is 24.0. The summed E-state index contributed by atoms with van der Waals surface area (Å²) in [6, 6.07) is 8.72. The summed E-state index contributed by atoms with van der Waals surface area (Å²) in [4.78, 5) is 7.44. The van der Waals surface area contributed by atoms with E-state index in [1.165, 1.54) is 68.3 Å². The molecule has 2 aromatic rings. The van der Waals surface area contributed by atoms with Gasteiger partial charge < -0.3 is 4.74 Å². The van der Waals surface area contributed by atoms with E-state index in [1.54, 1.807) is 0 Å². The molecule has 1 saturated carbocycles. The van der Waals surface area contributed by atoms with Gasteiger partial charge in [-0.3, -0.25) is 9.88 Å². The number of hydrogen-bond donors (Lipinski definition) is 0. The van der Waals surface area contributed by atoms with Crippen LogP contribution >= 0.6 is 0 Å². The molecule has 0 amide bonds. The van der Waals surface area contributed by atoms with Gasteiger partial charge in [0, 0.05) is 11.9 Å². The number of fused-ring (bicyclic) bond motifs is 1. The van der Waals surface area contributed by atoms with E-state index in [0.29, 0.717) is 11.5 Å². The fourth-order valence-corrected chi connectivity index (χ4v) is 5.01. The summed E-state index contributed by atoms with van der Waals surface area (Å²) in [5.41, 5.74) is 4.02. The molecule has 28 heavy (non-hydrogen) atoms. The number of ether oxygens (including phenoxy) is 1. The van der Waals surface area contributed by atoms with E-state index in [0.717, 1.165) is 23.7 Å². The lowest BCUT2D eigenvalue weighted by Gasteiger charge is -2.37. The largest absolute Gasteiger partial charge is 0.490 e. The van der Waals surface area contributed by atoms with Crippen LogP contribution < -0.4 is 4.74 Å². The van der Waals surface area contributed by atoms with Crippen LogP contribution in [0.15, 0.2) is 24.3 Å². The van der Waals surface area contributed by atoms with Gasteiger partial charge in [0.1, 0.15) is 5.75 Å². The Bertz CT molecular complexity index is 809. The zero-order valence-electron chi connectivity index (χ0n) is 18.1. The number of aryl methyl sites for hydroxylation is 1. The zero-order chi connectivity index (χ0) is 19.7. The van der Waals surface area contributed by atoms with Crippen molar-refractivity contribution < 1.29 is 4.74 Å². The van der Waals surface area contributed by atoms with Gasteiger partial charge in [-0.2, -0.15) is 0 Å². The first-order valence-corrected chi connectivity index (χ1v) is 11.2. The maximum Gasteiger partial charge on any atom is 0.120 e. The third kappa shape index (κ3) is 4.51. The first-order valence-electron chi connectivity index (χ1n) is 11.2. The van der Waals surface area contributed by atoms with Crippen molar-refractivity contribution >= 4 is 10.9 Å². The van der Waals surface area contributed by atoms with Crippen molar-refractivity contribution in [3.05, 3.63) is 35.5 Å². The van der Waals surface area contributed by atoms with Crippen molar-refractivity contribution in [2.45, 2.75) is 78.9 Å². The van der Waals surface area contributed by atoms with E-state index in [2.05, 4.69) is 56.9 Å². The van der Waals surface area contributed by atoms with Crippen LogP contribution in [0.2, 0.25) is 0 Å². The van der Waals surface area contributed by atoms with Crippen LogP contribution in [0, 0.1) is 18.3 Å². The number of benzene rings is 1. The topological polar surface area (TPSA) is 25.4 Å². The minimum atomic E-state index is 0.360. The Balaban J connectivity index is 1.44. The average Bonchev–Trinajstić information content (AvgIpc) is 3.15. The third-order valence-corrected chi connectivity index (χ3v) is 6.83. The van der Waals surface area contributed by atoms with Crippen molar-refractivity contribution in [2.24, 2.45) is 11.3 Å². The zero-order valence-corrected chi connectivity index (χ0v) is 18.1. The fraction of sp³-hybridized carbons (Fsp3) is 0.640. The van der Waals surface area contributed by atoms with Crippen LogP contribution in [0.3, 0.4) is 0 Å². The average molecular weight is 381 g/mol. The molecule has 1 aliphatic heterocycles. The highest BCUT2D eigenvalue weighted by molar-refractivity contribution is 5.83. The Morgan fingerprint density at radius 3 is 2.43 bits per heavy atom. The Labute approximate surface area is 170 Å². The molecule has 0 N–H and O–H groups in total. The number of aromatic nitrogens is 1. The summed E-state index contributed by atoms with van der Waals surface area (Å²) in [5, 5.41) is 1.23. The van der Waals surface area contributed by atoms with Crippen molar-refractivity contribution in [1.29, 1.82) is 0 Å². The molecule has 3 nitrogen and oxygen atoms in total. The molecule has 152 valence electrons. The minimum absolute atomic E-state index is 0.360. The van der Waals surface area contributed by atoms with Gasteiger partial charge in [-0.1, -0.05) is 20.8 Å². The second kappa shape index (κ2) is 8.02. The molecular weight excluding hydrogens is 344 g/mol. The summed E-state index contributed by atoms with van der Waals surface area (Å²) < 4.78 is 6.38. The summed E-state index contributed by atoms with van der Waals surface area (Å²) in [5.74, 6) is 1.83. The monoisotopic (exact) mass is 380 g/mol. The molecule has 0 bridgehead atoms. The van der Waals surface area contributed by atoms with Crippen molar-refractivity contribution in [3.63, 3.8) is 0 Å². The molecule has 2 heterocycles. The molecule has 0 radical (unpaired) electrons. The fourth-order valence-electron chi connectivity index (χ4n) is 5.01. The molecule has 2 aliphatic rings. The van der Waals surface area contributed by atoms with Crippen molar-refractivity contribution in [3.8, 4) is 5.75 Å². The molecule has 1 aromatic heterocycles. The Morgan fingerprint density at radius 1 is 1.04 bits per heavy atom. The van der Waals surface area contributed by atoms with Gasteiger partial charge in [0.05, 0.1) is 17.3 Å². The molecule has 0 atom stereocenters. The Morgan fingerprint density at radius 2 is 1.75 bits per heavy atom. The Hall–Kier alpha value is -1.61. The minimum Gasteiger partial charge on any atom is -0.490 e. The van der Waals surface area contributed by atoms with Crippen LogP contribution in [-0.4, -0.2) is 29.1 Å². The standard InChI is InChI=1S/C25H36N2O/c1-18-15-20(17-27-13-5-6-14-27)26-24-12-11-22(16-23(18)24)28-21-9-7-19(8-10-21)25(2,3)4/h11-12,15-16,19,21H,5-10,13-14,17H2,1-4H3. The summed E-state index contributed by atoms with van der Waals surface area (Å²) in [6.45, 7) is 12.7. The predicted octanol–water partition coefficient (Wildman–Crippen LogP) is 6.12. The van der Waals surface area contributed by atoms with Gasteiger partial charge in [0.25, 0.3) is 0 Å². The maximum absolute atomic E-state index is 6.38. The van der Waals surface area contributed by atoms with E-state index in [9.17, 15) is 0 Å². The summed E-state index contributed by atoms with van der Waals surface area (Å²) >= 11 is 0. The van der Waals surface area contributed by atoms with Crippen LogP contribution in [0.25, 0.3) is 10.9 Å². The van der Waals surface area contributed by atoms with Gasteiger partial charge in [-0.05, 0) is 99.7 Å². The van der Waals surface area contributed by atoms with Gasteiger partial charge in [0.2, 0.25) is 0 Å². The molecule has 2 fully saturated rings. The molecule has 0 spiro atoms. The second-order valence-corrected chi connectivity index (χ2v) is 10.1. The van der Waals surface area contributed by atoms with Crippen molar-refractivity contribution in [1.82, 2.24) is 9.88 Å². The highest BCUT2D eigenvalue weighted by Gasteiger charge is 2.30. The van der Waals surface area contributed by atoms with Crippen LogP contribution in [0.4, 0.5) is 0 Å². The molecule has 1 aliphatic carbocycles. The third-order valence-electron chi connectivity index (χ3n) is 6.83. The SMILES string of the molecule is Cc1cc(CN2CCCC2)nc2ccc(OC3CCC(C(C)(C)C)CC3)cc12. The number of hydrogen-bond acceptors (Lipinski definition) is 3. The van der Waals surface area contributed by atoms with E-state index >= 15 is 0 Å². The van der Waals surface area contributed by atoms with Crippen LogP contribution in [0.1, 0.15) is 70.6 Å². The summed E-state index contributed by atoms with van der Waals surface area (Å²) in [7, 11) is 0. The van der Waals surface area contributed by atoms with E-state index in [4.69, 9.17) is 9.72 Å². The highest BCUT2D eigenvalue weighted by Crippen LogP contribution is 2.39. The van der Waals surface area contributed by atoms with Gasteiger partial charge in [0.15, 0.2) is 0 Å². The summed E-state index contributed by atoms with van der Waals surface area (Å²) in [6.07, 6.45) is 7.91.